The van der Waals surface area contributed by atoms with Crippen molar-refractivity contribution in [3.63, 3.8) is 0 Å². The van der Waals surface area contributed by atoms with Crippen LogP contribution in [-0.2, 0) is 14.8 Å². The molecule has 2 aliphatic rings. The van der Waals surface area contributed by atoms with E-state index in [0.29, 0.717) is 50.8 Å². The highest BCUT2D eigenvalue weighted by Crippen LogP contribution is 2.30. The Kier molecular flexibility index (Phi) is 6.03. The quantitative estimate of drug-likeness (QED) is 0.761. The number of halogens is 1. The Morgan fingerprint density at radius 3 is 2.50 bits per heavy atom. The third kappa shape index (κ3) is 4.47. The van der Waals surface area contributed by atoms with Gasteiger partial charge in [0.2, 0.25) is 16.0 Å². The molecule has 0 saturated carbocycles. The molecule has 1 N–H and O–H groups in total. The molecule has 164 valence electrons. The van der Waals surface area contributed by atoms with E-state index in [9.17, 15) is 12.8 Å². The maximum atomic E-state index is 14.7. The molecule has 2 aromatic rings. The van der Waals surface area contributed by atoms with Gasteiger partial charge in [-0.15, -0.1) is 0 Å². The number of aryl methyl sites for hydroxylation is 1. The maximum absolute atomic E-state index is 14.7. The van der Waals surface area contributed by atoms with Gasteiger partial charge in [0.15, 0.2) is 5.82 Å². The van der Waals surface area contributed by atoms with E-state index in [1.54, 1.807) is 6.20 Å². The Morgan fingerprint density at radius 2 is 1.83 bits per heavy atom. The number of imidazole rings is 1. The van der Waals surface area contributed by atoms with Crippen molar-refractivity contribution in [1.82, 2.24) is 23.8 Å². The number of hydrogen-bond acceptors (Lipinski definition) is 7. The van der Waals surface area contributed by atoms with E-state index >= 15 is 0 Å². The zero-order valence-corrected chi connectivity index (χ0v) is 18.0. The fourth-order valence-corrected chi connectivity index (χ4v) is 5.04. The summed E-state index contributed by atoms with van der Waals surface area (Å²) in [6, 6.07) is 0.228. The zero-order chi connectivity index (χ0) is 21.3. The Morgan fingerprint density at radius 1 is 1.13 bits per heavy atom. The van der Waals surface area contributed by atoms with Gasteiger partial charge in [0.1, 0.15) is 11.5 Å². The summed E-state index contributed by atoms with van der Waals surface area (Å²) in [5.41, 5.74) is 0.849. The van der Waals surface area contributed by atoms with Crippen molar-refractivity contribution in [2.24, 2.45) is 0 Å². The number of nitrogens with zero attached hydrogens (tertiary/aromatic N) is 5. The average molecular weight is 439 g/mol. The summed E-state index contributed by atoms with van der Waals surface area (Å²) >= 11 is 0. The SMILES string of the molecule is Cc1ncc(-c2nc(NC3CCN(S(C)(=O)=O)CC3)ncc2F)n1C1CCOCC1. The number of ether oxygens (including phenoxy) is 1. The molecule has 0 amide bonds. The second-order valence-electron chi connectivity index (χ2n) is 7.88. The van der Waals surface area contributed by atoms with Crippen molar-refractivity contribution >= 4 is 16.0 Å². The molecule has 2 aliphatic heterocycles. The molecule has 2 fully saturated rings. The summed E-state index contributed by atoms with van der Waals surface area (Å²) in [5.74, 6) is 0.653. The summed E-state index contributed by atoms with van der Waals surface area (Å²) in [6.07, 6.45) is 7.03. The number of piperidine rings is 1. The first-order valence-electron chi connectivity index (χ1n) is 10.2. The Bertz CT molecular complexity index is 998. The van der Waals surface area contributed by atoms with E-state index in [0.717, 1.165) is 18.7 Å². The summed E-state index contributed by atoms with van der Waals surface area (Å²) in [4.78, 5) is 12.9. The van der Waals surface area contributed by atoms with Crippen LogP contribution in [-0.4, -0.2) is 70.8 Å². The molecule has 0 spiro atoms. The molecule has 4 heterocycles. The van der Waals surface area contributed by atoms with Crippen LogP contribution in [0, 0.1) is 12.7 Å². The lowest BCUT2D eigenvalue weighted by Gasteiger charge is -2.30. The van der Waals surface area contributed by atoms with Crippen molar-refractivity contribution in [1.29, 1.82) is 0 Å². The zero-order valence-electron chi connectivity index (χ0n) is 17.2. The highest BCUT2D eigenvalue weighted by atomic mass is 32.2. The van der Waals surface area contributed by atoms with Crippen LogP contribution in [0.25, 0.3) is 11.4 Å². The smallest absolute Gasteiger partial charge is 0.223 e. The van der Waals surface area contributed by atoms with Crippen molar-refractivity contribution < 1.29 is 17.5 Å². The third-order valence-electron chi connectivity index (χ3n) is 5.78. The Hall–Kier alpha value is -2.11. The largest absolute Gasteiger partial charge is 0.381 e. The van der Waals surface area contributed by atoms with Crippen LogP contribution >= 0.6 is 0 Å². The molecule has 30 heavy (non-hydrogen) atoms. The predicted molar refractivity (Wildman–Crippen MR) is 110 cm³/mol. The number of rotatable bonds is 5. The van der Waals surface area contributed by atoms with Crippen molar-refractivity contribution in [2.45, 2.75) is 44.7 Å². The van der Waals surface area contributed by atoms with Gasteiger partial charge in [-0.3, -0.25) is 0 Å². The fraction of sp³-hybridized carbons (Fsp3) is 0.632. The van der Waals surface area contributed by atoms with Crippen LogP contribution in [0.3, 0.4) is 0 Å². The first-order valence-corrected chi connectivity index (χ1v) is 12.0. The predicted octanol–water partition coefficient (Wildman–Crippen LogP) is 1.98. The molecular formula is C19H27FN6O3S. The molecule has 2 aromatic heterocycles. The van der Waals surface area contributed by atoms with Crippen molar-refractivity contribution in [3.8, 4) is 11.4 Å². The summed E-state index contributed by atoms with van der Waals surface area (Å²) in [6.45, 7) is 4.15. The van der Waals surface area contributed by atoms with Gasteiger partial charge >= 0.3 is 0 Å². The van der Waals surface area contributed by atoms with Crippen LogP contribution in [0.5, 0.6) is 0 Å². The van der Waals surface area contributed by atoms with Crippen LogP contribution in [0.4, 0.5) is 10.3 Å². The number of aromatic nitrogens is 4. The molecule has 0 aliphatic carbocycles. The van der Waals surface area contributed by atoms with E-state index in [1.165, 1.54) is 16.8 Å². The normalized spacial score (nSPS) is 19.8. The molecule has 2 saturated heterocycles. The first-order chi connectivity index (χ1) is 14.3. The van der Waals surface area contributed by atoms with Crippen LogP contribution in [0.2, 0.25) is 0 Å². The lowest BCUT2D eigenvalue weighted by atomic mass is 10.1. The minimum absolute atomic E-state index is 0.0310. The molecule has 0 unspecified atom stereocenters. The highest BCUT2D eigenvalue weighted by molar-refractivity contribution is 7.88. The van der Waals surface area contributed by atoms with Crippen LogP contribution in [0.1, 0.15) is 37.5 Å². The Labute approximate surface area is 175 Å². The molecule has 9 nitrogen and oxygen atoms in total. The third-order valence-corrected chi connectivity index (χ3v) is 7.08. The standard InChI is InChI=1S/C19H27FN6O3S/c1-13-21-12-17(26(13)15-5-9-29-10-6-15)18-16(20)11-22-19(24-18)23-14-3-7-25(8-4-14)30(2,27)28/h11-12,14-15H,3-10H2,1-2H3,(H,22,23,24). The molecule has 0 aromatic carbocycles. The van der Waals surface area contributed by atoms with Gasteiger partial charge < -0.3 is 14.6 Å². The number of hydrogen-bond donors (Lipinski definition) is 1. The van der Waals surface area contributed by atoms with E-state index in [1.807, 2.05) is 11.5 Å². The molecule has 0 radical (unpaired) electrons. The average Bonchev–Trinajstić information content (AvgIpc) is 3.11. The fourth-order valence-electron chi connectivity index (χ4n) is 4.16. The van der Waals surface area contributed by atoms with E-state index in [-0.39, 0.29) is 17.8 Å². The molecule has 4 rings (SSSR count). The number of nitrogens with one attached hydrogen (secondary N) is 1. The molecule has 0 atom stereocenters. The number of sulfonamides is 1. The minimum Gasteiger partial charge on any atom is -0.381 e. The van der Waals surface area contributed by atoms with Crippen LogP contribution < -0.4 is 5.32 Å². The second kappa shape index (κ2) is 8.56. The van der Waals surface area contributed by atoms with Crippen LogP contribution in [0.15, 0.2) is 12.4 Å². The lowest BCUT2D eigenvalue weighted by molar-refractivity contribution is 0.0694. The van der Waals surface area contributed by atoms with Gasteiger partial charge in [-0.1, -0.05) is 0 Å². The monoisotopic (exact) mass is 438 g/mol. The van der Waals surface area contributed by atoms with Gasteiger partial charge in [-0.25, -0.2) is 32.1 Å². The topological polar surface area (TPSA) is 102 Å². The van der Waals surface area contributed by atoms with Gasteiger partial charge in [0.05, 0.1) is 24.3 Å². The summed E-state index contributed by atoms with van der Waals surface area (Å²) in [7, 11) is -3.18. The lowest BCUT2D eigenvalue weighted by Crippen LogP contribution is -2.42. The minimum atomic E-state index is -3.18. The van der Waals surface area contributed by atoms with Gasteiger partial charge in [-0.2, -0.15) is 0 Å². The summed E-state index contributed by atoms with van der Waals surface area (Å²) in [5, 5.41) is 3.24. The molecular weight excluding hydrogens is 411 g/mol. The highest BCUT2D eigenvalue weighted by Gasteiger charge is 2.27. The first kappa shape index (κ1) is 21.1. The Balaban J connectivity index is 1.54. The van der Waals surface area contributed by atoms with Crippen molar-refractivity contribution in [3.05, 3.63) is 24.0 Å². The van der Waals surface area contributed by atoms with Crippen molar-refractivity contribution in [2.75, 3.05) is 37.9 Å². The number of anilines is 1. The van der Waals surface area contributed by atoms with E-state index < -0.39 is 15.8 Å². The van der Waals surface area contributed by atoms with E-state index in [2.05, 4.69) is 20.3 Å². The summed E-state index contributed by atoms with van der Waals surface area (Å²) < 4.78 is 47.0. The second-order valence-corrected chi connectivity index (χ2v) is 9.86. The molecule has 11 heteroatoms. The van der Waals surface area contributed by atoms with E-state index in [4.69, 9.17) is 4.74 Å². The molecule has 0 bridgehead atoms. The van der Waals surface area contributed by atoms with Gasteiger partial charge in [-0.05, 0) is 32.6 Å². The maximum Gasteiger partial charge on any atom is 0.223 e. The van der Waals surface area contributed by atoms with Gasteiger partial charge in [0, 0.05) is 38.4 Å². The van der Waals surface area contributed by atoms with Gasteiger partial charge in [0.25, 0.3) is 0 Å².